The zero-order valence-electron chi connectivity index (χ0n) is 53.7. The van der Waals surface area contributed by atoms with E-state index in [9.17, 15) is 52.7 Å². The predicted molar refractivity (Wildman–Crippen MR) is 341 cm³/mol. The van der Waals surface area contributed by atoms with Crippen molar-refractivity contribution in [3.8, 4) is 0 Å². The van der Waals surface area contributed by atoms with Crippen LogP contribution in [0.1, 0.15) is 176 Å². The molecular formula is C62H110N16O11. The SMILES string of the molecule is CC(C)C[C@@H]1NC(=O)[C@H](CCCCN)NC(=O)[C@H](CCCCN)NC(=O)[C@H](Cc2ccccc2)NC(=O)[C@H](CC(C)C)NC(=O)[C@H](CC(C)C)NC(=O)[C@H](CCCCN)NC(=O)[C@H](CCCCN)NC(=O)[C@H](CCCCN)NC(=O)[C@H](CCC(N)=O)NC1=O. The molecule has 22 N–H and O–H groups in total. The Bertz CT molecular complexity index is 2370. The Morgan fingerprint density at radius 1 is 0.326 bits per heavy atom. The Morgan fingerprint density at radius 2 is 0.539 bits per heavy atom. The lowest BCUT2D eigenvalue weighted by Gasteiger charge is -2.30. The first-order valence-corrected chi connectivity index (χ1v) is 32.2. The minimum Gasteiger partial charge on any atom is -0.370 e. The van der Waals surface area contributed by atoms with Gasteiger partial charge in [0.15, 0.2) is 0 Å². The van der Waals surface area contributed by atoms with Crippen LogP contribution < -0.4 is 87.6 Å². The van der Waals surface area contributed by atoms with Crippen LogP contribution in [-0.2, 0) is 59.2 Å². The summed E-state index contributed by atoms with van der Waals surface area (Å²) in [5.74, 6) is -9.13. The molecule has 1 aliphatic rings. The standard InChI is InChI=1S/C62H110N16O11/c1-38(2)34-48-59(86)74-47(27-28-52(68)79)58(85)72-43(23-11-16-30-64)54(81)69-42(22-10-15-29-63)53(80)70-46(26-14-19-33-67)57(84)76-49(35-39(3)4)60(87)77-50(36-40(5)6)61(88)78-51(37-41-20-8-7-9-21-41)62(89)73-44(24-12-17-31-65)55(82)71-45(56(83)75-48)25-13-18-32-66/h7-9,20-21,38-40,42-51H,10-19,22-37,63-67H2,1-6H3,(H2,68,79)(H,69,81)(H,70,80)(H,71,82)(H,72,85)(H,73,89)(H,74,86)(H,75,83)(H,76,84)(H,77,87)(H,78,88)/t42-,43-,44-,45-,46-,47-,48-,49-,50-,51-/m0/s1. The third kappa shape index (κ3) is 31.5. The van der Waals surface area contributed by atoms with Crippen molar-refractivity contribution in [1.82, 2.24) is 53.2 Å². The summed E-state index contributed by atoms with van der Waals surface area (Å²) in [6, 6.07) is -4.29. The number of hydrogen-bond acceptors (Lipinski definition) is 16. The van der Waals surface area contributed by atoms with Crippen LogP contribution >= 0.6 is 0 Å². The van der Waals surface area contributed by atoms with E-state index in [2.05, 4.69) is 53.2 Å². The first-order chi connectivity index (χ1) is 42.4. The van der Waals surface area contributed by atoms with E-state index in [1.54, 1.807) is 44.2 Å². The lowest BCUT2D eigenvalue weighted by Crippen LogP contribution is -2.61. The second-order valence-electron chi connectivity index (χ2n) is 24.6. The maximum Gasteiger partial charge on any atom is 0.243 e. The number of rotatable bonds is 31. The second kappa shape index (κ2) is 43.8. The number of hydrogen-bond donors (Lipinski definition) is 16. The molecule has 1 heterocycles. The van der Waals surface area contributed by atoms with E-state index in [-0.39, 0.29) is 121 Å². The van der Waals surface area contributed by atoms with Gasteiger partial charge in [-0.05, 0) is 178 Å². The molecule has 0 aliphatic carbocycles. The molecule has 89 heavy (non-hydrogen) atoms. The number of primary amides is 1. The van der Waals surface area contributed by atoms with E-state index in [0.29, 0.717) is 69.8 Å². The summed E-state index contributed by atoms with van der Waals surface area (Å²) in [5, 5.41) is 27.9. The van der Waals surface area contributed by atoms with Crippen molar-refractivity contribution in [2.75, 3.05) is 32.7 Å². The Balaban J connectivity index is 3.01. The molecular weight excluding hydrogens is 1140 g/mol. The van der Waals surface area contributed by atoms with E-state index in [4.69, 9.17) is 34.4 Å². The molecule has 1 aromatic carbocycles. The van der Waals surface area contributed by atoms with Crippen molar-refractivity contribution in [3.05, 3.63) is 35.9 Å². The van der Waals surface area contributed by atoms with E-state index < -0.39 is 125 Å². The van der Waals surface area contributed by atoms with Crippen LogP contribution in [0.3, 0.4) is 0 Å². The smallest absolute Gasteiger partial charge is 0.243 e. The molecule has 0 saturated carbocycles. The molecule has 27 heteroatoms. The Morgan fingerprint density at radius 3 is 0.775 bits per heavy atom. The average Bonchev–Trinajstić information content (AvgIpc) is 3.37. The fourth-order valence-corrected chi connectivity index (χ4v) is 10.3. The molecule has 0 aromatic heterocycles. The van der Waals surface area contributed by atoms with Crippen molar-refractivity contribution in [2.24, 2.45) is 52.2 Å². The molecule has 0 radical (unpaired) electrons. The first-order valence-electron chi connectivity index (χ1n) is 32.2. The lowest BCUT2D eigenvalue weighted by molar-refractivity contribution is -0.137. The number of nitrogens with two attached hydrogens (primary N) is 6. The lowest BCUT2D eigenvalue weighted by atomic mass is 9.98. The van der Waals surface area contributed by atoms with Gasteiger partial charge in [0.2, 0.25) is 65.0 Å². The monoisotopic (exact) mass is 1250 g/mol. The van der Waals surface area contributed by atoms with E-state index in [1.807, 2.05) is 27.7 Å². The number of unbranched alkanes of at least 4 members (excludes halogenated alkanes) is 5. The van der Waals surface area contributed by atoms with Gasteiger partial charge in [-0.15, -0.1) is 0 Å². The van der Waals surface area contributed by atoms with Gasteiger partial charge in [0.25, 0.3) is 0 Å². The Hall–Kier alpha value is -6.81. The minimum absolute atomic E-state index is 0.0145. The molecule has 0 unspecified atom stereocenters. The summed E-state index contributed by atoms with van der Waals surface area (Å²) in [6.45, 7) is 12.3. The fraction of sp³-hybridized carbons (Fsp3) is 0.726. The van der Waals surface area contributed by atoms with Gasteiger partial charge < -0.3 is 87.6 Å². The van der Waals surface area contributed by atoms with Gasteiger partial charge in [0.05, 0.1) is 0 Å². The maximum absolute atomic E-state index is 14.8. The quantitative estimate of drug-likeness (QED) is 0.0402. The number of nitrogens with one attached hydrogen (secondary N) is 10. The highest BCUT2D eigenvalue weighted by molar-refractivity contribution is 5.99. The van der Waals surface area contributed by atoms with Crippen molar-refractivity contribution in [2.45, 2.75) is 237 Å². The van der Waals surface area contributed by atoms with Gasteiger partial charge in [-0.2, -0.15) is 0 Å². The van der Waals surface area contributed by atoms with E-state index in [0.717, 1.165) is 0 Å². The number of carbonyl (C=O) groups is 11. The van der Waals surface area contributed by atoms with Crippen molar-refractivity contribution in [1.29, 1.82) is 0 Å². The van der Waals surface area contributed by atoms with E-state index in [1.165, 1.54) is 0 Å². The van der Waals surface area contributed by atoms with Crippen LogP contribution in [0.15, 0.2) is 30.3 Å². The van der Waals surface area contributed by atoms with Gasteiger partial charge in [0, 0.05) is 12.8 Å². The highest BCUT2D eigenvalue weighted by Crippen LogP contribution is 2.16. The van der Waals surface area contributed by atoms with Crippen LogP contribution in [0.4, 0.5) is 0 Å². The molecule has 504 valence electrons. The van der Waals surface area contributed by atoms with Crippen LogP contribution in [0.5, 0.6) is 0 Å². The Labute approximate surface area is 526 Å². The van der Waals surface area contributed by atoms with Gasteiger partial charge in [0.1, 0.15) is 60.4 Å². The van der Waals surface area contributed by atoms with Crippen molar-refractivity contribution >= 4 is 65.0 Å². The van der Waals surface area contributed by atoms with Gasteiger partial charge >= 0.3 is 0 Å². The zero-order valence-corrected chi connectivity index (χ0v) is 53.7. The fourth-order valence-electron chi connectivity index (χ4n) is 10.3. The molecule has 10 atom stereocenters. The molecule has 0 spiro atoms. The summed E-state index contributed by atoms with van der Waals surface area (Å²) in [4.78, 5) is 158. The molecule has 1 fully saturated rings. The predicted octanol–water partition coefficient (Wildman–Crippen LogP) is -0.861. The van der Waals surface area contributed by atoms with E-state index >= 15 is 0 Å². The van der Waals surface area contributed by atoms with Crippen LogP contribution in [-0.4, -0.2) is 158 Å². The number of carbonyl (C=O) groups excluding carboxylic acids is 11. The molecule has 11 amide bonds. The summed E-state index contributed by atoms with van der Waals surface area (Å²) >= 11 is 0. The molecule has 27 nitrogen and oxygen atoms in total. The highest BCUT2D eigenvalue weighted by atomic mass is 16.2. The van der Waals surface area contributed by atoms with Crippen LogP contribution in [0.2, 0.25) is 0 Å². The van der Waals surface area contributed by atoms with Crippen molar-refractivity contribution in [3.63, 3.8) is 0 Å². The second-order valence-corrected chi connectivity index (χ2v) is 24.6. The van der Waals surface area contributed by atoms with Gasteiger partial charge in [-0.25, -0.2) is 0 Å². The normalized spacial score (nSPS) is 23.9. The Kier molecular flexibility index (Phi) is 38.5. The maximum atomic E-state index is 14.8. The van der Waals surface area contributed by atoms with Gasteiger partial charge in [-0.3, -0.25) is 52.7 Å². The summed E-state index contributed by atoms with van der Waals surface area (Å²) < 4.78 is 0. The minimum atomic E-state index is -1.50. The number of benzene rings is 1. The highest BCUT2D eigenvalue weighted by Gasteiger charge is 2.37. The summed E-state index contributed by atoms with van der Waals surface area (Å²) in [5.41, 5.74) is 35.5. The zero-order chi connectivity index (χ0) is 66.4. The topological polar surface area (TPSA) is 464 Å². The average molecular weight is 1260 g/mol. The van der Waals surface area contributed by atoms with Crippen LogP contribution in [0.25, 0.3) is 0 Å². The largest absolute Gasteiger partial charge is 0.370 e. The third-order valence-corrected chi connectivity index (χ3v) is 15.1. The molecule has 2 rings (SSSR count). The molecule has 1 aromatic rings. The number of amides is 11. The van der Waals surface area contributed by atoms with Crippen molar-refractivity contribution < 1.29 is 52.7 Å². The summed E-state index contributed by atoms with van der Waals surface area (Å²) in [6.07, 6.45) is 3.76. The molecule has 1 aliphatic heterocycles. The van der Waals surface area contributed by atoms with Crippen LogP contribution in [0, 0.1) is 17.8 Å². The molecule has 0 bridgehead atoms. The molecule has 1 saturated heterocycles. The van der Waals surface area contributed by atoms with Gasteiger partial charge in [-0.1, -0.05) is 71.9 Å². The summed E-state index contributed by atoms with van der Waals surface area (Å²) in [7, 11) is 0. The third-order valence-electron chi connectivity index (χ3n) is 15.1. The first kappa shape index (κ1) is 78.3.